The van der Waals surface area contributed by atoms with Gasteiger partial charge in [-0.15, -0.1) is 0 Å². The molecule has 0 radical (unpaired) electrons. The Bertz CT molecular complexity index is 561. The van der Waals surface area contributed by atoms with Crippen LogP contribution in [0.3, 0.4) is 0 Å². The highest BCUT2D eigenvalue weighted by Gasteiger charge is 2.22. The second-order valence-electron chi connectivity index (χ2n) is 5.62. The maximum Gasteiger partial charge on any atom is 0.312 e. The summed E-state index contributed by atoms with van der Waals surface area (Å²) < 4.78 is 5.64. The topological polar surface area (TPSA) is 102 Å². The first-order valence-corrected chi connectivity index (χ1v) is 7.36. The highest BCUT2D eigenvalue weighted by Crippen LogP contribution is 2.29. The van der Waals surface area contributed by atoms with E-state index in [0.29, 0.717) is 5.92 Å². The van der Waals surface area contributed by atoms with Gasteiger partial charge in [0.15, 0.2) is 5.75 Å². The lowest BCUT2D eigenvalue weighted by molar-refractivity contribution is -0.385. The summed E-state index contributed by atoms with van der Waals surface area (Å²) in [5, 5.41) is 22.6. The summed E-state index contributed by atoms with van der Waals surface area (Å²) in [5.74, 6) is -0.357. The van der Waals surface area contributed by atoms with Crippen LogP contribution in [0.5, 0.6) is 5.75 Å². The molecular weight excluding hydrogens is 288 g/mol. The average Bonchev–Trinajstić information content (AvgIpc) is 2.48. The van der Waals surface area contributed by atoms with Crippen molar-refractivity contribution in [2.75, 3.05) is 11.9 Å². The lowest BCUT2D eigenvalue weighted by Gasteiger charge is -2.28. The first kappa shape index (κ1) is 16.2. The van der Waals surface area contributed by atoms with Crippen molar-refractivity contribution < 1.29 is 19.6 Å². The fraction of sp³-hybridized carbons (Fsp3) is 0.533. The third-order valence-corrected chi connectivity index (χ3v) is 3.92. The molecule has 1 amide bonds. The number of hydrogen-bond donors (Lipinski definition) is 2. The standard InChI is InChI=1S/C15H20N2O5/c1-10-4-2-3-5-14(10)22-9-15(19)16-11-6-7-13(18)12(8-11)17(20)21/h6-8,10,14,18H,2-5,9H2,1H3,(H,16,19). The van der Waals surface area contributed by atoms with Crippen LogP contribution in [-0.4, -0.2) is 28.6 Å². The highest BCUT2D eigenvalue weighted by molar-refractivity contribution is 5.92. The largest absolute Gasteiger partial charge is 0.502 e. The fourth-order valence-corrected chi connectivity index (χ4v) is 2.66. The van der Waals surface area contributed by atoms with Gasteiger partial charge in [-0.25, -0.2) is 0 Å². The lowest BCUT2D eigenvalue weighted by atomic mass is 9.88. The number of nitro benzene ring substituents is 1. The number of nitrogens with zero attached hydrogens (tertiary/aromatic N) is 1. The summed E-state index contributed by atoms with van der Waals surface area (Å²) in [4.78, 5) is 21.9. The number of carbonyl (C=O) groups excluding carboxylic acids is 1. The molecule has 1 saturated carbocycles. The van der Waals surface area contributed by atoms with Gasteiger partial charge in [-0.2, -0.15) is 0 Å². The number of aromatic hydroxyl groups is 1. The van der Waals surface area contributed by atoms with Crippen LogP contribution >= 0.6 is 0 Å². The molecule has 1 aliphatic rings. The number of nitrogens with one attached hydrogen (secondary N) is 1. The van der Waals surface area contributed by atoms with Crippen LogP contribution in [-0.2, 0) is 9.53 Å². The van der Waals surface area contributed by atoms with Gasteiger partial charge in [0, 0.05) is 11.8 Å². The van der Waals surface area contributed by atoms with E-state index in [4.69, 9.17) is 4.74 Å². The second kappa shape index (κ2) is 7.22. The molecule has 0 saturated heterocycles. The number of nitro groups is 1. The van der Waals surface area contributed by atoms with Crippen LogP contribution in [0.1, 0.15) is 32.6 Å². The van der Waals surface area contributed by atoms with Gasteiger partial charge in [-0.3, -0.25) is 14.9 Å². The Balaban J connectivity index is 1.89. The molecule has 0 spiro atoms. The van der Waals surface area contributed by atoms with Crippen molar-refractivity contribution in [3.05, 3.63) is 28.3 Å². The molecule has 2 unspecified atom stereocenters. The van der Waals surface area contributed by atoms with E-state index in [1.165, 1.54) is 18.6 Å². The molecule has 120 valence electrons. The Kier molecular flexibility index (Phi) is 5.32. The van der Waals surface area contributed by atoms with Crippen molar-refractivity contribution in [3.8, 4) is 5.75 Å². The van der Waals surface area contributed by atoms with Crippen LogP contribution in [0.4, 0.5) is 11.4 Å². The number of rotatable bonds is 5. The summed E-state index contributed by atoms with van der Waals surface area (Å²) in [6.07, 6.45) is 4.47. The molecular formula is C15H20N2O5. The molecule has 2 N–H and O–H groups in total. The van der Waals surface area contributed by atoms with Gasteiger partial charge in [0.05, 0.1) is 11.0 Å². The Labute approximate surface area is 128 Å². The quantitative estimate of drug-likeness (QED) is 0.495. The maximum atomic E-state index is 11.9. The van der Waals surface area contributed by atoms with Crippen LogP contribution in [0, 0.1) is 16.0 Å². The van der Waals surface area contributed by atoms with Crippen molar-refractivity contribution in [1.29, 1.82) is 0 Å². The molecule has 1 aliphatic carbocycles. The third-order valence-electron chi connectivity index (χ3n) is 3.92. The molecule has 1 fully saturated rings. The van der Waals surface area contributed by atoms with Gasteiger partial charge >= 0.3 is 5.69 Å². The minimum atomic E-state index is -0.703. The second-order valence-corrected chi connectivity index (χ2v) is 5.62. The number of amides is 1. The number of carbonyl (C=O) groups is 1. The van der Waals surface area contributed by atoms with E-state index in [1.807, 2.05) is 0 Å². The number of ether oxygens (including phenoxy) is 1. The van der Waals surface area contributed by atoms with E-state index in [-0.39, 0.29) is 24.3 Å². The van der Waals surface area contributed by atoms with E-state index in [0.717, 1.165) is 25.3 Å². The number of anilines is 1. The Morgan fingerprint density at radius 2 is 2.18 bits per heavy atom. The minimum Gasteiger partial charge on any atom is -0.502 e. The number of hydrogen-bond acceptors (Lipinski definition) is 5. The van der Waals surface area contributed by atoms with Crippen molar-refractivity contribution in [2.45, 2.75) is 38.7 Å². The Hall–Kier alpha value is -2.15. The molecule has 7 nitrogen and oxygen atoms in total. The van der Waals surface area contributed by atoms with Crippen LogP contribution < -0.4 is 5.32 Å². The Morgan fingerprint density at radius 3 is 2.86 bits per heavy atom. The molecule has 1 aromatic rings. The minimum absolute atomic E-state index is 0.0797. The zero-order chi connectivity index (χ0) is 16.1. The lowest BCUT2D eigenvalue weighted by Crippen LogP contribution is -2.29. The first-order valence-electron chi connectivity index (χ1n) is 7.36. The fourth-order valence-electron chi connectivity index (χ4n) is 2.66. The Morgan fingerprint density at radius 1 is 1.45 bits per heavy atom. The first-order chi connectivity index (χ1) is 10.5. The zero-order valence-corrected chi connectivity index (χ0v) is 12.4. The summed E-state index contributed by atoms with van der Waals surface area (Å²) >= 11 is 0. The van der Waals surface area contributed by atoms with Gasteiger partial charge in [-0.05, 0) is 30.9 Å². The van der Waals surface area contributed by atoms with Gasteiger partial charge in [0.2, 0.25) is 5.91 Å². The molecule has 2 rings (SSSR count). The van der Waals surface area contributed by atoms with Crippen molar-refractivity contribution in [1.82, 2.24) is 0 Å². The van der Waals surface area contributed by atoms with Gasteiger partial charge in [0.25, 0.3) is 0 Å². The van der Waals surface area contributed by atoms with Crippen molar-refractivity contribution >= 4 is 17.3 Å². The van der Waals surface area contributed by atoms with Gasteiger partial charge in [0.1, 0.15) is 6.61 Å². The van der Waals surface area contributed by atoms with Crippen LogP contribution in [0.2, 0.25) is 0 Å². The smallest absolute Gasteiger partial charge is 0.312 e. The van der Waals surface area contributed by atoms with E-state index < -0.39 is 16.4 Å². The van der Waals surface area contributed by atoms with E-state index in [9.17, 15) is 20.0 Å². The SMILES string of the molecule is CC1CCCCC1OCC(=O)Nc1ccc(O)c([N+](=O)[O-])c1. The summed E-state index contributed by atoms with van der Waals surface area (Å²) in [6.45, 7) is 2.04. The molecule has 22 heavy (non-hydrogen) atoms. The van der Waals surface area contributed by atoms with Crippen molar-refractivity contribution in [3.63, 3.8) is 0 Å². The normalized spacial score (nSPS) is 21.3. The van der Waals surface area contributed by atoms with Gasteiger partial charge < -0.3 is 15.2 Å². The molecule has 7 heteroatoms. The highest BCUT2D eigenvalue weighted by atomic mass is 16.6. The molecule has 2 atom stereocenters. The van der Waals surface area contributed by atoms with E-state index >= 15 is 0 Å². The molecule has 0 aromatic heterocycles. The van der Waals surface area contributed by atoms with Crippen LogP contribution in [0.15, 0.2) is 18.2 Å². The average molecular weight is 308 g/mol. The predicted octanol–water partition coefficient (Wildman–Crippen LogP) is 2.83. The van der Waals surface area contributed by atoms with Crippen molar-refractivity contribution in [2.24, 2.45) is 5.92 Å². The van der Waals surface area contributed by atoms with Gasteiger partial charge in [-0.1, -0.05) is 19.8 Å². The predicted molar refractivity (Wildman–Crippen MR) is 80.8 cm³/mol. The van der Waals surface area contributed by atoms with E-state index in [1.54, 1.807) is 0 Å². The summed E-state index contributed by atoms with van der Waals surface area (Å²) in [6, 6.07) is 3.71. The molecule has 0 aliphatic heterocycles. The zero-order valence-electron chi connectivity index (χ0n) is 12.4. The summed E-state index contributed by atoms with van der Waals surface area (Å²) in [5.41, 5.74) is -0.186. The summed E-state index contributed by atoms with van der Waals surface area (Å²) in [7, 11) is 0. The molecule has 0 heterocycles. The number of benzene rings is 1. The molecule has 0 bridgehead atoms. The third kappa shape index (κ3) is 4.17. The molecule has 1 aromatic carbocycles. The van der Waals surface area contributed by atoms with E-state index in [2.05, 4.69) is 12.2 Å². The monoisotopic (exact) mass is 308 g/mol. The number of phenolic OH excluding ortho intramolecular Hbond substituents is 1. The van der Waals surface area contributed by atoms with Crippen LogP contribution in [0.25, 0.3) is 0 Å². The maximum absolute atomic E-state index is 11.9. The number of phenols is 1.